The molecule has 4 aromatic rings. The van der Waals surface area contributed by atoms with Crippen LogP contribution in [-0.4, -0.2) is 17.3 Å². The van der Waals surface area contributed by atoms with Crippen LogP contribution in [0.5, 0.6) is 0 Å². The summed E-state index contributed by atoms with van der Waals surface area (Å²) in [6.07, 6.45) is 0. The molecule has 0 amide bonds. The van der Waals surface area contributed by atoms with Crippen LogP contribution in [0.3, 0.4) is 0 Å². The second-order valence-electron chi connectivity index (χ2n) is 8.35. The molecule has 0 bridgehead atoms. The van der Waals surface area contributed by atoms with Gasteiger partial charge < -0.3 is 9.46 Å². The van der Waals surface area contributed by atoms with Crippen LogP contribution in [0.25, 0.3) is 21.9 Å². The van der Waals surface area contributed by atoms with Gasteiger partial charge in [0.2, 0.25) is 0 Å². The average molecular weight is 476 g/mol. The fraction of sp³-hybridized carbons (Fsp3) is 0.179. The summed E-state index contributed by atoms with van der Waals surface area (Å²) in [5.74, 6) is -1.36. The van der Waals surface area contributed by atoms with Crippen molar-refractivity contribution in [3.63, 3.8) is 0 Å². The van der Waals surface area contributed by atoms with Crippen molar-refractivity contribution in [2.24, 2.45) is 0 Å². The van der Waals surface area contributed by atoms with E-state index in [-0.39, 0.29) is 5.56 Å². The summed E-state index contributed by atoms with van der Waals surface area (Å²) >= 11 is 0. The number of hydrogen-bond acceptors (Lipinski definition) is 3. The lowest BCUT2D eigenvalue weighted by Gasteiger charge is -2.17. The van der Waals surface area contributed by atoms with Gasteiger partial charge in [-0.15, -0.1) is 0 Å². The second-order valence-corrected chi connectivity index (χ2v) is 9.50. The molecule has 0 saturated heterocycles. The Hall–Kier alpha value is -3.51. The maximum absolute atomic E-state index is 14.2. The molecule has 0 aliphatic heterocycles. The molecule has 0 saturated carbocycles. The maximum Gasteiger partial charge on any atom is 0.340 e. The van der Waals surface area contributed by atoms with Gasteiger partial charge in [-0.3, -0.25) is 0 Å². The number of benzene rings is 4. The standard InChI is InChI=1S/C28H26FNO3S/c1-16-14-17(2)19(4)27(18(16)3)34(32)30-26-13-11-21(22-8-6-7-9-23(22)26)20-10-12-25(29)24(15-20)28(31)33-5/h6-15,30H,1-5H3. The highest BCUT2D eigenvalue weighted by atomic mass is 32.2. The van der Waals surface area contributed by atoms with E-state index in [1.807, 2.05) is 64.1 Å². The second kappa shape index (κ2) is 9.39. The summed E-state index contributed by atoms with van der Waals surface area (Å²) in [7, 11) is -0.234. The van der Waals surface area contributed by atoms with Crippen LogP contribution in [0, 0.1) is 33.5 Å². The van der Waals surface area contributed by atoms with Crippen molar-refractivity contribution in [1.29, 1.82) is 0 Å². The van der Waals surface area contributed by atoms with Gasteiger partial charge in [0.25, 0.3) is 0 Å². The third-order valence-electron chi connectivity index (χ3n) is 6.29. The summed E-state index contributed by atoms with van der Waals surface area (Å²) in [5.41, 5.74) is 6.35. The number of esters is 1. The molecular formula is C28H26FNO3S. The number of carbonyl (C=O) groups is 1. The van der Waals surface area contributed by atoms with Crippen LogP contribution in [0.4, 0.5) is 10.1 Å². The normalized spacial score (nSPS) is 11.9. The molecule has 1 atom stereocenters. The number of ether oxygens (including phenoxy) is 1. The molecule has 6 heteroatoms. The van der Waals surface area contributed by atoms with Gasteiger partial charge in [0.15, 0.2) is 11.0 Å². The molecule has 4 rings (SSSR count). The van der Waals surface area contributed by atoms with E-state index < -0.39 is 22.8 Å². The highest BCUT2D eigenvalue weighted by Crippen LogP contribution is 2.35. The Morgan fingerprint density at radius 2 is 1.53 bits per heavy atom. The van der Waals surface area contributed by atoms with Gasteiger partial charge in [0.1, 0.15) is 5.82 Å². The number of methoxy groups -OCH3 is 1. The molecule has 34 heavy (non-hydrogen) atoms. The Labute approximate surface area is 201 Å². The molecule has 0 fully saturated rings. The first kappa shape index (κ1) is 23.6. The molecule has 1 N–H and O–H groups in total. The Morgan fingerprint density at radius 3 is 2.18 bits per heavy atom. The van der Waals surface area contributed by atoms with E-state index in [9.17, 15) is 13.4 Å². The first-order valence-corrected chi connectivity index (χ1v) is 12.0. The van der Waals surface area contributed by atoms with Crippen molar-refractivity contribution in [2.45, 2.75) is 32.6 Å². The predicted octanol–water partition coefficient (Wildman–Crippen LogP) is 6.80. The van der Waals surface area contributed by atoms with Crippen molar-refractivity contribution in [3.05, 3.63) is 94.3 Å². The molecule has 0 heterocycles. The fourth-order valence-electron chi connectivity index (χ4n) is 4.21. The van der Waals surface area contributed by atoms with Gasteiger partial charge >= 0.3 is 5.97 Å². The molecule has 0 aliphatic carbocycles. The zero-order valence-electron chi connectivity index (χ0n) is 19.8. The summed E-state index contributed by atoms with van der Waals surface area (Å²) in [5, 5.41) is 1.76. The Bertz CT molecular complexity index is 1440. The van der Waals surface area contributed by atoms with Crippen LogP contribution >= 0.6 is 0 Å². The van der Waals surface area contributed by atoms with Crippen LogP contribution < -0.4 is 4.72 Å². The number of rotatable bonds is 5. The third-order valence-corrected chi connectivity index (χ3v) is 7.68. The molecule has 0 spiro atoms. The van der Waals surface area contributed by atoms with Crippen molar-refractivity contribution in [1.82, 2.24) is 0 Å². The minimum absolute atomic E-state index is 0.117. The molecule has 1 unspecified atom stereocenters. The zero-order valence-corrected chi connectivity index (χ0v) is 20.6. The smallest absolute Gasteiger partial charge is 0.340 e. The molecule has 0 aromatic heterocycles. The number of anilines is 1. The Balaban J connectivity index is 1.80. The van der Waals surface area contributed by atoms with E-state index in [0.717, 1.165) is 49.2 Å². The predicted molar refractivity (Wildman–Crippen MR) is 136 cm³/mol. The van der Waals surface area contributed by atoms with Crippen LogP contribution in [0.15, 0.2) is 65.6 Å². The molecule has 4 aromatic carbocycles. The topological polar surface area (TPSA) is 55.4 Å². The molecular weight excluding hydrogens is 449 g/mol. The average Bonchev–Trinajstić information content (AvgIpc) is 2.83. The van der Waals surface area contributed by atoms with E-state index in [2.05, 4.69) is 10.8 Å². The first-order valence-electron chi connectivity index (χ1n) is 10.9. The van der Waals surface area contributed by atoms with Gasteiger partial charge in [-0.1, -0.05) is 42.5 Å². The van der Waals surface area contributed by atoms with E-state index in [4.69, 9.17) is 4.74 Å². The molecule has 0 aliphatic rings. The minimum atomic E-state index is -1.46. The lowest BCUT2D eigenvalue weighted by molar-refractivity contribution is 0.0595. The lowest BCUT2D eigenvalue weighted by atomic mass is 9.96. The summed E-state index contributed by atoms with van der Waals surface area (Å²) in [4.78, 5) is 12.8. The summed E-state index contributed by atoms with van der Waals surface area (Å²) in [6.45, 7) is 8.03. The monoisotopic (exact) mass is 475 g/mol. The van der Waals surface area contributed by atoms with Gasteiger partial charge in [0.05, 0.1) is 23.3 Å². The lowest BCUT2D eigenvalue weighted by Crippen LogP contribution is -2.10. The fourth-order valence-corrected chi connectivity index (χ4v) is 5.57. The van der Waals surface area contributed by atoms with E-state index >= 15 is 0 Å². The molecule has 0 radical (unpaired) electrons. The number of nitrogens with one attached hydrogen (secondary N) is 1. The van der Waals surface area contributed by atoms with Crippen LogP contribution in [0.2, 0.25) is 0 Å². The van der Waals surface area contributed by atoms with Crippen LogP contribution in [-0.2, 0) is 15.7 Å². The number of carbonyl (C=O) groups excluding carboxylic acids is 1. The maximum atomic E-state index is 14.2. The van der Waals surface area contributed by atoms with Crippen molar-refractivity contribution >= 4 is 33.4 Å². The van der Waals surface area contributed by atoms with Crippen molar-refractivity contribution in [3.8, 4) is 11.1 Å². The molecule has 174 valence electrons. The Kier molecular flexibility index (Phi) is 6.53. The van der Waals surface area contributed by atoms with E-state index in [0.29, 0.717) is 5.56 Å². The van der Waals surface area contributed by atoms with E-state index in [1.165, 1.54) is 19.2 Å². The van der Waals surface area contributed by atoms with Gasteiger partial charge in [0, 0.05) is 5.39 Å². The third kappa shape index (κ3) is 4.21. The van der Waals surface area contributed by atoms with Gasteiger partial charge in [-0.25, -0.2) is 13.4 Å². The van der Waals surface area contributed by atoms with Gasteiger partial charge in [-0.05, 0) is 84.7 Å². The Morgan fingerprint density at radius 1 is 0.882 bits per heavy atom. The quantitative estimate of drug-likeness (QED) is 0.323. The minimum Gasteiger partial charge on any atom is -0.465 e. The van der Waals surface area contributed by atoms with Gasteiger partial charge in [-0.2, -0.15) is 0 Å². The zero-order chi connectivity index (χ0) is 24.6. The highest BCUT2D eigenvalue weighted by molar-refractivity contribution is 7.86. The number of hydrogen-bond donors (Lipinski definition) is 1. The summed E-state index contributed by atoms with van der Waals surface area (Å²) in [6, 6.07) is 18.0. The SMILES string of the molecule is COC(=O)c1cc(-c2ccc(NS(=O)c3c(C)c(C)cc(C)c3C)c3ccccc23)ccc1F. The van der Waals surface area contributed by atoms with Crippen molar-refractivity contribution < 1.29 is 18.1 Å². The highest BCUT2D eigenvalue weighted by Gasteiger charge is 2.18. The van der Waals surface area contributed by atoms with Crippen LogP contribution in [0.1, 0.15) is 32.6 Å². The number of halogens is 1. The first-order chi connectivity index (χ1) is 16.2. The number of fused-ring (bicyclic) bond motifs is 1. The van der Waals surface area contributed by atoms with E-state index in [1.54, 1.807) is 6.07 Å². The number of aryl methyl sites for hydroxylation is 2. The summed E-state index contributed by atoms with van der Waals surface area (Å²) < 4.78 is 35.6. The largest absolute Gasteiger partial charge is 0.465 e. The van der Waals surface area contributed by atoms with Crippen molar-refractivity contribution in [2.75, 3.05) is 11.8 Å². The molecule has 4 nitrogen and oxygen atoms in total.